The van der Waals surface area contributed by atoms with Crippen molar-refractivity contribution in [1.29, 1.82) is 0 Å². The second kappa shape index (κ2) is 7.88. The fourth-order valence-electron chi connectivity index (χ4n) is 1.47. The Morgan fingerprint density at radius 1 is 1.15 bits per heavy atom. The largest absolute Gasteiger partial charge is 0.394 e. The van der Waals surface area contributed by atoms with E-state index in [1.165, 1.54) is 12.4 Å². The summed E-state index contributed by atoms with van der Waals surface area (Å²) in [6, 6.07) is 3.32. The molecule has 0 radical (unpaired) electrons. The lowest BCUT2D eigenvalue weighted by atomic mass is 10.0. The SMILES string of the molecule is O=C(NCc1ccncc1)[C@H](O)[C@@H](O)[C@H](O)[C@H](O)CO. The van der Waals surface area contributed by atoms with Gasteiger partial charge >= 0.3 is 0 Å². The first-order chi connectivity index (χ1) is 9.47. The molecule has 1 aromatic heterocycles. The first-order valence-corrected chi connectivity index (χ1v) is 5.97. The number of aliphatic hydroxyl groups is 5. The minimum atomic E-state index is -1.92. The van der Waals surface area contributed by atoms with E-state index < -0.39 is 36.9 Å². The number of aromatic nitrogens is 1. The van der Waals surface area contributed by atoms with Gasteiger partial charge in [-0.3, -0.25) is 9.78 Å². The summed E-state index contributed by atoms with van der Waals surface area (Å²) in [7, 11) is 0. The van der Waals surface area contributed by atoms with E-state index >= 15 is 0 Å². The van der Waals surface area contributed by atoms with Crippen molar-refractivity contribution in [3.05, 3.63) is 30.1 Å². The Kier molecular flexibility index (Phi) is 6.49. The zero-order valence-electron chi connectivity index (χ0n) is 10.6. The van der Waals surface area contributed by atoms with Crippen molar-refractivity contribution in [2.24, 2.45) is 0 Å². The van der Waals surface area contributed by atoms with Crippen LogP contribution in [0.15, 0.2) is 24.5 Å². The van der Waals surface area contributed by atoms with Gasteiger partial charge in [0.1, 0.15) is 18.3 Å². The molecule has 8 heteroatoms. The van der Waals surface area contributed by atoms with Gasteiger partial charge in [0.25, 0.3) is 5.91 Å². The number of nitrogens with zero attached hydrogens (tertiary/aromatic N) is 1. The molecule has 1 heterocycles. The summed E-state index contributed by atoms with van der Waals surface area (Å²) in [6.45, 7) is -0.687. The summed E-state index contributed by atoms with van der Waals surface area (Å²) in [6.07, 6.45) is -4.24. The van der Waals surface area contributed by atoms with Crippen LogP contribution in [-0.2, 0) is 11.3 Å². The first kappa shape index (κ1) is 16.5. The molecule has 0 aliphatic rings. The third kappa shape index (κ3) is 4.51. The van der Waals surface area contributed by atoms with Gasteiger partial charge in [-0.2, -0.15) is 0 Å². The van der Waals surface area contributed by atoms with E-state index in [9.17, 15) is 20.1 Å². The maximum atomic E-state index is 11.6. The highest BCUT2D eigenvalue weighted by atomic mass is 16.4. The minimum absolute atomic E-state index is 0.115. The zero-order valence-corrected chi connectivity index (χ0v) is 10.6. The predicted molar refractivity (Wildman–Crippen MR) is 67.2 cm³/mol. The van der Waals surface area contributed by atoms with E-state index in [4.69, 9.17) is 10.2 Å². The summed E-state index contributed by atoms with van der Waals surface area (Å²) in [4.78, 5) is 15.4. The fraction of sp³-hybridized carbons (Fsp3) is 0.500. The van der Waals surface area contributed by atoms with Crippen LogP contribution in [0.4, 0.5) is 0 Å². The van der Waals surface area contributed by atoms with Gasteiger partial charge in [0.15, 0.2) is 6.10 Å². The number of carbonyl (C=O) groups is 1. The van der Waals surface area contributed by atoms with E-state index in [0.717, 1.165) is 5.56 Å². The van der Waals surface area contributed by atoms with Crippen molar-refractivity contribution < 1.29 is 30.3 Å². The Bertz CT molecular complexity index is 416. The molecule has 1 aromatic rings. The Balaban J connectivity index is 2.50. The van der Waals surface area contributed by atoms with Gasteiger partial charge in [-0.25, -0.2) is 0 Å². The van der Waals surface area contributed by atoms with E-state index in [0.29, 0.717) is 0 Å². The smallest absolute Gasteiger partial charge is 0.251 e. The second-order valence-electron chi connectivity index (χ2n) is 4.25. The third-order valence-electron chi connectivity index (χ3n) is 2.74. The van der Waals surface area contributed by atoms with Crippen LogP contribution in [0.3, 0.4) is 0 Å². The van der Waals surface area contributed by atoms with Crippen molar-refractivity contribution in [3.63, 3.8) is 0 Å². The molecule has 0 saturated carbocycles. The number of pyridine rings is 1. The summed E-state index contributed by atoms with van der Waals surface area (Å²) in [5.41, 5.74) is 0.742. The lowest BCUT2D eigenvalue weighted by Crippen LogP contribution is -2.51. The van der Waals surface area contributed by atoms with Gasteiger partial charge in [0, 0.05) is 18.9 Å². The van der Waals surface area contributed by atoms with Crippen LogP contribution in [-0.4, -0.2) is 67.4 Å². The van der Waals surface area contributed by atoms with E-state index in [1.807, 2.05) is 0 Å². The molecule has 1 amide bonds. The Morgan fingerprint density at radius 2 is 1.75 bits per heavy atom. The second-order valence-corrected chi connectivity index (χ2v) is 4.25. The highest BCUT2D eigenvalue weighted by Crippen LogP contribution is 2.06. The predicted octanol–water partition coefficient (Wildman–Crippen LogP) is -2.87. The van der Waals surface area contributed by atoms with Crippen LogP contribution in [0.5, 0.6) is 0 Å². The van der Waals surface area contributed by atoms with Crippen molar-refractivity contribution in [2.75, 3.05) is 6.61 Å². The van der Waals surface area contributed by atoms with Crippen molar-refractivity contribution in [1.82, 2.24) is 10.3 Å². The van der Waals surface area contributed by atoms with Gasteiger partial charge in [-0.05, 0) is 17.7 Å². The zero-order chi connectivity index (χ0) is 15.1. The number of rotatable bonds is 7. The number of hydrogen-bond acceptors (Lipinski definition) is 7. The fourth-order valence-corrected chi connectivity index (χ4v) is 1.47. The average Bonchev–Trinajstić information content (AvgIpc) is 2.50. The van der Waals surface area contributed by atoms with Crippen LogP contribution in [0.25, 0.3) is 0 Å². The number of nitrogens with one attached hydrogen (secondary N) is 1. The van der Waals surface area contributed by atoms with E-state index in [-0.39, 0.29) is 6.54 Å². The molecular weight excluding hydrogens is 268 g/mol. The molecule has 20 heavy (non-hydrogen) atoms. The summed E-state index contributed by atoms with van der Waals surface area (Å²) >= 11 is 0. The van der Waals surface area contributed by atoms with Crippen LogP contribution in [0, 0.1) is 0 Å². The third-order valence-corrected chi connectivity index (χ3v) is 2.74. The topological polar surface area (TPSA) is 143 Å². The molecule has 8 nitrogen and oxygen atoms in total. The van der Waals surface area contributed by atoms with Crippen molar-refractivity contribution >= 4 is 5.91 Å². The van der Waals surface area contributed by atoms with Crippen molar-refractivity contribution in [3.8, 4) is 0 Å². The van der Waals surface area contributed by atoms with Crippen LogP contribution in [0.1, 0.15) is 5.56 Å². The molecule has 0 aliphatic carbocycles. The number of aliphatic hydroxyl groups excluding tert-OH is 5. The van der Waals surface area contributed by atoms with Crippen molar-refractivity contribution in [2.45, 2.75) is 31.0 Å². The number of amides is 1. The van der Waals surface area contributed by atoms with Gasteiger partial charge < -0.3 is 30.8 Å². The molecular formula is C12H18N2O6. The molecule has 112 valence electrons. The highest BCUT2D eigenvalue weighted by molar-refractivity contribution is 5.81. The Hall–Kier alpha value is -1.58. The molecule has 0 aromatic carbocycles. The lowest BCUT2D eigenvalue weighted by Gasteiger charge is -2.24. The molecule has 0 bridgehead atoms. The normalized spacial score (nSPS) is 17.1. The first-order valence-electron chi connectivity index (χ1n) is 5.97. The highest BCUT2D eigenvalue weighted by Gasteiger charge is 2.33. The van der Waals surface area contributed by atoms with Gasteiger partial charge in [0.2, 0.25) is 0 Å². The number of carbonyl (C=O) groups excluding carboxylic acids is 1. The van der Waals surface area contributed by atoms with E-state index in [1.54, 1.807) is 12.1 Å². The summed E-state index contributed by atoms with van der Waals surface area (Å²) < 4.78 is 0. The van der Waals surface area contributed by atoms with E-state index in [2.05, 4.69) is 10.3 Å². The maximum absolute atomic E-state index is 11.6. The average molecular weight is 286 g/mol. The molecule has 0 aliphatic heterocycles. The molecule has 6 N–H and O–H groups in total. The summed E-state index contributed by atoms with van der Waals surface area (Å²) in [5, 5.41) is 48.6. The lowest BCUT2D eigenvalue weighted by molar-refractivity contribution is -0.149. The Labute approximate surface area is 115 Å². The molecule has 0 saturated heterocycles. The summed E-state index contributed by atoms with van der Waals surface area (Å²) in [5.74, 6) is -0.904. The molecule has 0 spiro atoms. The standard InChI is InChI=1S/C12H18N2O6/c15-6-8(16)9(17)10(18)11(19)12(20)14-5-7-1-3-13-4-2-7/h1-4,8-11,15-19H,5-6H2,(H,14,20)/t8-,9-,10+,11-/m1/s1. The van der Waals surface area contributed by atoms with Gasteiger partial charge in [-0.15, -0.1) is 0 Å². The maximum Gasteiger partial charge on any atom is 0.251 e. The molecule has 1 rings (SSSR count). The monoisotopic (exact) mass is 286 g/mol. The molecule has 4 atom stereocenters. The Morgan fingerprint density at radius 3 is 2.30 bits per heavy atom. The molecule has 0 unspecified atom stereocenters. The van der Waals surface area contributed by atoms with Gasteiger partial charge in [-0.1, -0.05) is 0 Å². The molecule has 0 fully saturated rings. The minimum Gasteiger partial charge on any atom is -0.394 e. The van der Waals surface area contributed by atoms with Crippen LogP contribution < -0.4 is 5.32 Å². The number of hydrogen-bond donors (Lipinski definition) is 6. The van der Waals surface area contributed by atoms with Crippen LogP contribution in [0.2, 0.25) is 0 Å². The quantitative estimate of drug-likeness (QED) is 0.316. The van der Waals surface area contributed by atoms with Crippen LogP contribution >= 0.6 is 0 Å². The van der Waals surface area contributed by atoms with Gasteiger partial charge in [0.05, 0.1) is 6.61 Å².